The number of unbranched alkanes of at least 4 members (excludes halogenated alkanes) is 4. The number of hydrogen-bond acceptors (Lipinski definition) is 18. The number of methoxy groups -OCH3 is 1. The third-order valence-electron chi connectivity index (χ3n) is 8.87. The van der Waals surface area contributed by atoms with Gasteiger partial charge in [-0.3, -0.25) is 19.2 Å². The molecule has 28 heteroatoms. The van der Waals surface area contributed by atoms with Crippen molar-refractivity contribution in [2.24, 2.45) is 0 Å². The summed E-state index contributed by atoms with van der Waals surface area (Å²) in [6.45, 7) is 10.2. The zero-order valence-corrected chi connectivity index (χ0v) is 46.5. The normalized spacial score (nSPS) is 11.0. The molecule has 4 N–H and O–H groups in total. The Hall–Kier alpha value is -5.62. The van der Waals surface area contributed by atoms with E-state index in [1.165, 1.54) is 39.9 Å². The molecule has 0 aliphatic heterocycles. The SMILES string of the molecule is CCNC(=O)CCCCCOc1ccc(I(OC(C)=O)OC(C)=O)cc1.O=C([O-])C(F)(F)F.[B]C(=O)Oc1cc(C[C@H](NB(C)O)C(=O)OC)c([I+]c2ccc(OCCCCCC(=O)NCC)cc2)cc1OC([B])=O. The molecule has 408 valence electrons. The van der Waals surface area contributed by atoms with Crippen molar-refractivity contribution in [1.82, 2.24) is 15.9 Å². The molecule has 0 bridgehead atoms. The van der Waals surface area contributed by atoms with Gasteiger partial charge in [0.05, 0.1) is 13.7 Å². The molecule has 2 amide bonds. The van der Waals surface area contributed by atoms with Crippen molar-refractivity contribution in [3.8, 4) is 23.0 Å². The van der Waals surface area contributed by atoms with Crippen molar-refractivity contribution in [3.63, 3.8) is 0 Å². The Labute approximate surface area is 454 Å². The molecule has 1 atom stereocenters. The number of nitrogens with one attached hydrogen (secondary N) is 3. The Bertz CT molecular complexity index is 2290. The van der Waals surface area contributed by atoms with Crippen LogP contribution in [0.4, 0.5) is 22.8 Å². The standard InChI is InChI=1S/C27H32B3IN2O9.C18H26INO6.C2HF3O2/c1-4-32-24(34)8-6-5-7-13-40-19-11-9-18(10-12-19)31-20-16-23(42-27(29)37)22(41-26(28)36)15-17(20)14-21(25(35)39-3)33-30(2)38;1-4-20-18(23)8-6-5-7-13-24-17-11-9-16(10-12-17)19(25-14(2)21)26-15(3)22;3-2(4,5)1(6)7/h9-12,15-16,21,33,38H,4-8,13-14H2,1-3H3;9-12H,4-8,13H2,1-3H3,(H,20,23);(H,6,7)/t21-;;/m0../s1. The minimum Gasteiger partial charge on any atom is -0.542 e. The monoisotopic (exact) mass is 1280 g/mol. The van der Waals surface area contributed by atoms with Gasteiger partial charge in [0, 0.05) is 37.6 Å². The Morgan fingerprint density at radius 1 is 0.733 bits per heavy atom. The van der Waals surface area contributed by atoms with E-state index in [0.717, 1.165) is 45.7 Å². The van der Waals surface area contributed by atoms with Gasteiger partial charge in [-0.05, 0) is 70.3 Å². The van der Waals surface area contributed by atoms with Crippen LogP contribution in [0.15, 0.2) is 60.7 Å². The van der Waals surface area contributed by atoms with Crippen molar-refractivity contribution in [2.75, 3.05) is 33.4 Å². The number of benzene rings is 3. The van der Waals surface area contributed by atoms with Crippen LogP contribution in [0.2, 0.25) is 6.82 Å². The van der Waals surface area contributed by atoms with Gasteiger partial charge in [-0.15, -0.1) is 0 Å². The van der Waals surface area contributed by atoms with Crippen molar-refractivity contribution >= 4 is 90.8 Å². The molecule has 0 fully saturated rings. The molecule has 0 aliphatic rings. The molecule has 0 aromatic heterocycles. The van der Waals surface area contributed by atoms with Crippen molar-refractivity contribution in [3.05, 3.63) is 76.9 Å². The fourth-order valence-electron chi connectivity index (χ4n) is 5.79. The van der Waals surface area contributed by atoms with E-state index in [9.17, 15) is 51.8 Å². The van der Waals surface area contributed by atoms with E-state index in [1.807, 2.05) is 38.1 Å². The van der Waals surface area contributed by atoms with Gasteiger partial charge in [-0.25, -0.2) is 0 Å². The topological polar surface area (TPSA) is 281 Å². The maximum absolute atomic E-state index is 12.4. The van der Waals surface area contributed by atoms with E-state index >= 15 is 0 Å². The summed E-state index contributed by atoms with van der Waals surface area (Å²) in [7, 11) is 10.6. The molecule has 0 saturated heterocycles. The molecule has 0 unspecified atom stereocenters. The number of ether oxygens (including phenoxy) is 5. The molecule has 0 aliphatic carbocycles. The van der Waals surface area contributed by atoms with E-state index in [0.29, 0.717) is 59.8 Å². The first-order chi connectivity index (χ1) is 35.4. The number of esters is 1. The Morgan fingerprint density at radius 2 is 1.17 bits per heavy atom. The summed E-state index contributed by atoms with van der Waals surface area (Å²) in [6.07, 6.45) is 1.03. The van der Waals surface area contributed by atoms with Crippen LogP contribution < -0.4 is 61.1 Å². The second-order valence-electron chi connectivity index (χ2n) is 15.2. The van der Waals surface area contributed by atoms with Crippen LogP contribution in [0.3, 0.4) is 0 Å². The molecular formula is C47H59B3F3I2N3O17. The molecular weight excluding hydrogens is 1220 g/mol. The van der Waals surface area contributed by atoms with Crippen LogP contribution in [-0.4, -0.2) is 121 Å². The Morgan fingerprint density at radius 3 is 1.56 bits per heavy atom. The number of aliphatic carboxylic acids is 1. The maximum atomic E-state index is 12.4. The summed E-state index contributed by atoms with van der Waals surface area (Å²) >= 11 is -3.71. The first kappa shape index (κ1) is 67.4. The van der Waals surface area contributed by atoms with Gasteiger partial charge >= 0.3 is 189 Å². The summed E-state index contributed by atoms with van der Waals surface area (Å²) in [5.74, 6) is -5.53. The zero-order valence-electron chi connectivity index (χ0n) is 42.1. The number of carbonyl (C=O) groups excluding carboxylic acids is 8. The van der Waals surface area contributed by atoms with Gasteiger partial charge < -0.3 is 44.4 Å². The van der Waals surface area contributed by atoms with E-state index in [2.05, 4.69) is 15.9 Å². The van der Waals surface area contributed by atoms with Crippen LogP contribution in [0.5, 0.6) is 23.0 Å². The maximum Gasteiger partial charge on any atom is 0.430 e. The minimum absolute atomic E-state index is 0.0555. The fourth-order valence-corrected chi connectivity index (χ4v) is 11.0. The largest absolute Gasteiger partial charge is 0.542 e. The van der Waals surface area contributed by atoms with Gasteiger partial charge in [0.15, 0.2) is 15.1 Å². The van der Waals surface area contributed by atoms with Gasteiger partial charge in [-0.2, -0.15) is 13.2 Å². The third kappa shape index (κ3) is 31.1. The first-order valence-corrected chi connectivity index (χ1v) is 28.0. The Kier molecular flexibility index (Phi) is 33.4. The van der Waals surface area contributed by atoms with Crippen LogP contribution >= 0.6 is 20.6 Å². The molecule has 0 saturated carbocycles. The van der Waals surface area contributed by atoms with Crippen LogP contribution in [-0.2, 0) is 46.1 Å². The van der Waals surface area contributed by atoms with E-state index in [1.54, 1.807) is 24.3 Å². The fraction of sp³-hybridized carbons (Fsp3) is 0.447. The van der Waals surface area contributed by atoms with Crippen LogP contribution in [0, 0.1) is 10.7 Å². The van der Waals surface area contributed by atoms with Crippen LogP contribution in [0.1, 0.15) is 84.6 Å². The molecule has 75 heavy (non-hydrogen) atoms. The van der Waals surface area contributed by atoms with Gasteiger partial charge in [-0.1, -0.05) is 0 Å². The summed E-state index contributed by atoms with van der Waals surface area (Å²) in [6, 6.07) is 16.6. The molecule has 3 aromatic carbocycles. The van der Waals surface area contributed by atoms with E-state index < -0.39 is 96.7 Å². The third-order valence-corrected chi connectivity index (χ3v) is 15.6. The van der Waals surface area contributed by atoms with E-state index in [4.69, 9.17) is 55.4 Å². The molecule has 3 rings (SSSR count). The molecule has 20 nitrogen and oxygen atoms in total. The average Bonchev–Trinajstić information content (AvgIpc) is 3.32. The first-order valence-electron chi connectivity index (χ1n) is 23.0. The smallest absolute Gasteiger partial charge is 0.430 e. The predicted octanol–water partition coefficient (Wildman–Crippen LogP) is 1.70. The zero-order chi connectivity index (χ0) is 56.5. The van der Waals surface area contributed by atoms with Gasteiger partial charge in [0.2, 0.25) is 36.9 Å². The molecule has 4 radical (unpaired) electrons. The molecule has 3 aromatic rings. The quantitative estimate of drug-likeness (QED) is 0.0348. The summed E-state index contributed by atoms with van der Waals surface area (Å²) in [5.41, 5.74) is 0.576. The second kappa shape index (κ2) is 37.2. The molecule has 0 spiro atoms. The average molecular weight is 1280 g/mol. The van der Waals surface area contributed by atoms with Gasteiger partial charge in [0.25, 0.3) is 0 Å². The number of rotatable bonds is 28. The number of halogens is 5. The van der Waals surface area contributed by atoms with Crippen LogP contribution in [0.25, 0.3) is 0 Å². The molecule has 0 heterocycles. The number of carboxylic acids is 1. The van der Waals surface area contributed by atoms with E-state index in [-0.39, 0.29) is 29.7 Å². The number of carboxylic acid groups (broad SMARTS) is 1. The van der Waals surface area contributed by atoms with Gasteiger partial charge in [0.1, 0.15) is 17.8 Å². The Balaban J connectivity index is 0.000000721. The minimum atomic E-state index is -5.19. The summed E-state index contributed by atoms with van der Waals surface area (Å²) < 4.78 is 70.7. The van der Waals surface area contributed by atoms with Crippen molar-refractivity contribution in [1.29, 1.82) is 0 Å². The number of amides is 2. The summed E-state index contributed by atoms with van der Waals surface area (Å²) in [4.78, 5) is 89.4. The summed E-state index contributed by atoms with van der Waals surface area (Å²) in [5, 5.41) is 26.9. The van der Waals surface area contributed by atoms with Crippen molar-refractivity contribution in [2.45, 2.75) is 105 Å². The predicted molar refractivity (Wildman–Crippen MR) is 269 cm³/mol. The second-order valence-corrected chi connectivity index (χ2v) is 21.5. The van der Waals surface area contributed by atoms with Crippen molar-refractivity contribution < 1.29 is 113 Å². The number of alkyl halides is 3. The number of hydrogen-bond donors (Lipinski definition) is 4. The number of carbonyl (C=O) groups is 8.